The molecule has 2 saturated carbocycles. The Hall–Kier alpha value is -4.68. The van der Waals surface area contributed by atoms with Gasteiger partial charge in [-0.1, -0.05) is 52.4 Å². The molecule has 0 aromatic heterocycles. The standard InChI is InChI=1S/C35H49N5O8/c1-4-6-8-19-15-21(19)10-12-45-32(41)26-28(39)18(3)14-24(37)30(26)47-34(43)35(44)48-31-25(38)17-23(36)29(40)27(31)33(42)46-13-11-22-16-20(22)9-7-5-2/h14,17,19-22H,4-13,15-16,36-40H2,1-3H3. The number of hydrogen-bond acceptors (Lipinski definition) is 13. The minimum atomic E-state index is -1.58. The van der Waals surface area contributed by atoms with Crippen LogP contribution in [0.15, 0.2) is 12.1 Å². The highest BCUT2D eigenvalue weighted by molar-refractivity contribution is 6.31. The van der Waals surface area contributed by atoms with Gasteiger partial charge in [0.25, 0.3) is 0 Å². The zero-order valence-corrected chi connectivity index (χ0v) is 28.1. The molecular weight excluding hydrogens is 618 g/mol. The number of nitrogens with two attached hydrogens (primary N) is 5. The summed E-state index contributed by atoms with van der Waals surface area (Å²) in [5, 5.41) is 0. The quantitative estimate of drug-likeness (QED) is 0.0674. The third kappa shape index (κ3) is 8.81. The predicted octanol–water partition coefficient (Wildman–Crippen LogP) is 5.16. The molecule has 0 aliphatic heterocycles. The summed E-state index contributed by atoms with van der Waals surface area (Å²) in [6.07, 6.45) is 10.5. The number of anilines is 5. The summed E-state index contributed by atoms with van der Waals surface area (Å²) in [4.78, 5) is 52.3. The van der Waals surface area contributed by atoms with Gasteiger partial charge in [-0.2, -0.15) is 0 Å². The van der Waals surface area contributed by atoms with E-state index in [-0.39, 0.29) is 47.2 Å². The van der Waals surface area contributed by atoms with E-state index in [0.717, 1.165) is 44.9 Å². The minimum absolute atomic E-state index is 0.0268. The lowest BCUT2D eigenvalue weighted by atomic mass is 10.1. The van der Waals surface area contributed by atoms with Crippen molar-refractivity contribution in [1.82, 2.24) is 0 Å². The summed E-state index contributed by atoms with van der Waals surface area (Å²) in [5.74, 6) is -3.66. The van der Waals surface area contributed by atoms with E-state index < -0.39 is 40.9 Å². The molecule has 13 heteroatoms. The number of carbonyl (C=O) groups is 4. The number of carbonyl (C=O) groups excluding carboxylic acids is 4. The van der Waals surface area contributed by atoms with E-state index in [9.17, 15) is 19.2 Å². The molecule has 0 saturated heterocycles. The van der Waals surface area contributed by atoms with Crippen molar-refractivity contribution in [3.63, 3.8) is 0 Å². The van der Waals surface area contributed by atoms with E-state index in [0.29, 0.717) is 42.1 Å². The molecule has 2 aliphatic rings. The molecule has 13 nitrogen and oxygen atoms in total. The second-order valence-electron chi connectivity index (χ2n) is 13.0. The molecule has 262 valence electrons. The molecule has 4 rings (SSSR count). The Labute approximate surface area is 281 Å². The lowest BCUT2D eigenvalue weighted by Gasteiger charge is -2.17. The van der Waals surface area contributed by atoms with Crippen LogP contribution in [0.25, 0.3) is 0 Å². The van der Waals surface area contributed by atoms with Crippen molar-refractivity contribution < 1.29 is 38.1 Å². The summed E-state index contributed by atoms with van der Waals surface area (Å²) in [7, 11) is 0. The van der Waals surface area contributed by atoms with Gasteiger partial charge in [0.2, 0.25) is 0 Å². The number of nitrogen functional groups attached to an aromatic ring is 5. The Morgan fingerprint density at radius 2 is 1.04 bits per heavy atom. The zero-order chi connectivity index (χ0) is 35.1. The van der Waals surface area contributed by atoms with Gasteiger partial charge in [-0.25, -0.2) is 19.2 Å². The maximum absolute atomic E-state index is 13.2. The van der Waals surface area contributed by atoms with Gasteiger partial charge in [0, 0.05) is 0 Å². The van der Waals surface area contributed by atoms with Gasteiger partial charge in [-0.15, -0.1) is 0 Å². The molecule has 4 unspecified atom stereocenters. The third-order valence-corrected chi connectivity index (χ3v) is 9.34. The summed E-state index contributed by atoms with van der Waals surface area (Å²) in [5.41, 5.74) is 29.4. The number of benzene rings is 2. The second kappa shape index (κ2) is 15.9. The number of ether oxygens (including phenoxy) is 4. The average molecular weight is 668 g/mol. The SMILES string of the molecule is CCCCC1CC1CCOC(=O)c1c(N)c(C)cc(N)c1OC(=O)C(=O)Oc1c(N)cc(N)c(N)c1C(=O)OCCC1CC1CCCC. The van der Waals surface area contributed by atoms with Crippen LogP contribution in [0.3, 0.4) is 0 Å². The van der Waals surface area contributed by atoms with E-state index in [4.69, 9.17) is 47.6 Å². The largest absolute Gasteiger partial charge is 0.462 e. The fourth-order valence-corrected chi connectivity index (χ4v) is 6.17. The van der Waals surface area contributed by atoms with E-state index in [1.165, 1.54) is 18.6 Å². The fraction of sp³-hybridized carbons (Fsp3) is 0.543. The van der Waals surface area contributed by atoms with Crippen molar-refractivity contribution in [3.8, 4) is 11.5 Å². The second-order valence-corrected chi connectivity index (χ2v) is 13.0. The van der Waals surface area contributed by atoms with Crippen LogP contribution in [0.1, 0.15) is 104 Å². The smallest absolute Gasteiger partial charge is 0.423 e. The first kappa shape index (κ1) is 36.2. The van der Waals surface area contributed by atoms with E-state index >= 15 is 0 Å². The maximum Gasteiger partial charge on any atom is 0.423 e. The van der Waals surface area contributed by atoms with Crippen LogP contribution in [-0.2, 0) is 19.1 Å². The van der Waals surface area contributed by atoms with Crippen molar-refractivity contribution in [3.05, 3.63) is 28.8 Å². The van der Waals surface area contributed by atoms with Crippen molar-refractivity contribution in [1.29, 1.82) is 0 Å². The van der Waals surface area contributed by atoms with Crippen LogP contribution in [0, 0.1) is 30.6 Å². The summed E-state index contributed by atoms with van der Waals surface area (Å²) < 4.78 is 21.4. The predicted molar refractivity (Wildman–Crippen MR) is 183 cm³/mol. The molecule has 0 spiro atoms. The Balaban J connectivity index is 1.43. The molecule has 0 radical (unpaired) electrons. The molecule has 0 amide bonds. The van der Waals surface area contributed by atoms with Crippen LogP contribution in [-0.4, -0.2) is 37.1 Å². The van der Waals surface area contributed by atoms with Crippen molar-refractivity contribution in [2.75, 3.05) is 41.9 Å². The monoisotopic (exact) mass is 667 g/mol. The number of hydrogen-bond donors (Lipinski definition) is 5. The van der Waals surface area contributed by atoms with Crippen LogP contribution >= 0.6 is 0 Å². The molecule has 2 aliphatic carbocycles. The molecular formula is C35H49N5O8. The van der Waals surface area contributed by atoms with Gasteiger partial charge >= 0.3 is 23.9 Å². The Bertz CT molecular complexity index is 1430. The number of rotatable bonds is 16. The van der Waals surface area contributed by atoms with E-state index in [2.05, 4.69) is 13.8 Å². The number of esters is 4. The average Bonchev–Trinajstić information content (AvgIpc) is 3.97. The molecule has 0 heterocycles. The van der Waals surface area contributed by atoms with Gasteiger partial charge in [0.1, 0.15) is 11.1 Å². The number of aryl methyl sites for hydroxylation is 1. The lowest BCUT2D eigenvalue weighted by Crippen LogP contribution is -2.28. The molecule has 48 heavy (non-hydrogen) atoms. The molecule has 2 aromatic carbocycles. The van der Waals surface area contributed by atoms with Crippen LogP contribution in [0.4, 0.5) is 28.4 Å². The van der Waals surface area contributed by atoms with Crippen LogP contribution < -0.4 is 38.1 Å². The normalized spacial score (nSPS) is 19.3. The summed E-state index contributed by atoms with van der Waals surface area (Å²) in [6, 6.07) is 2.58. The first-order valence-corrected chi connectivity index (χ1v) is 16.8. The highest BCUT2D eigenvalue weighted by Gasteiger charge is 2.37. The minimum Gasteiger partial charge on any atom is -0.462 e. The van der Waals surface area contributed by atoms with Crippen LogP contribution in [0.5, 0.6) is 11.5 Å². The summed E-state index contributed by atoms with van der Waals surface area (Å²) in [6.45, 7) is 6.17. The first-order chi connectivity index (χ1) is 22.9. The van der Waals surface area contributed by atoms with Crippen molar-refractivity contribution in [2.24, 2.45) is 23.7 Å². The molecule has 10 N–H and O–H groups in total. The summed E-state index contributed by atoms with van der Waals surface area (Å²) >= 11 is 0. The van der Waals surface area contributed by atoms with Gasteiger partial charge in [-0.3, -0.25) is 0 Å². The number of unbranched alkanes of at least 4 members (excludes halogenated alkanes) is 2. The Morgan fingerprint density at radius 1 is 0.625 bits per heavy atom. The zero-order valence-electron chi connectivity index (χ0n) is 28.1. The van der Waals surface area contributed by atoms with E-state index in [1.54, 1.807) is 6.92 Å². The fourth-order valence-electron chi connectivity index (χ4n) is 6.17. The van der Waals surface area contributed by atoms with Gasteiger partial charge in [0.15, 0.2) is 11.5 Å². The lowest BCUT2D eigenvalue weighted by molar-refractivity contribution is -0.156. The van der Waals surface area contributed by atoms with Gasteiger partial charge < -0.3 is 47.6 Å². The Morgan fingerprint density at radius 3 is 1.50 bits per heavy atom. The maximum atomic E-state index is 13.2. The topological polar surface area (TPSA) is 235 Å². The third-order valence-electron chi connectivity index (χ3n) is 9.34. The molecule has 2 fully saturated rings. The first-order valence-electron chi connectivity index (χ1n) is 16.8. The molecule has 0 bridgehead atoms. The van der Waals surface area contributed by atoms with Crippen molar-refractivity contribution in [2.45, 2.75) is 85.0 Å². The highest BCUT2D eigenvalue weighted by atomic mass is 16.6. The molecule has 4 atom stereocenters. The van der Waals surface area contributed by atoms with Gasteiger partial charge in [-0.05, 0) is 74.0 Å². The van der Waals surface area contributed by atoms with Crippen LogP contribution in [0.2, 0.25) is 0 Å². The Kier molecular flexibility index (Phi) is 12.0. The van der Waals surface area contributed by atoms with Gasteiger partial charge in [0.05, 0.1) is 41.7 Å². The highest BCUT2D eigenvalue weighted by Crippen LogP contribution is 2.46. The van der Waals surface area contributed by atoms with E-state index in [1.807, 2.05) is 0 Å². The van der Waals surface area contributed by atoms with Crippen molar-refractivity contribution >= 4 is 52.3 Å². The molecule has 2 aromatic rings.